The fourth-order valence-corrected chi connectivity index (χ4v) is 3.29. The van der Waals surface area contributed by atoms with Crippen molar-refractivity contribution in [3.05, 3.63) is 54.1 Å². The van der Waals surface area contributed by atoms with E-state index in [4.69, 9.17) is 0 Å². The molecule has 0 heterocycles. The highest BCUT2D eigenvalue weighted by atomic mass is 32.2. The molecule has 2 aromatic carbocycles. The zero-order chi connectivity index (χ0) is 20.0. The minimum atomic E-state index is -3.79. The van der Waals surface area contributed by atoms with E-state index in [1.807, 2.05) is 13.8 Å². The zero-order valence-electron chi connectivity index (χ0n) is 15.4. The second-order valence-corrected chi connectivity index (χ2v) is 7.85. The van der Waals surface area contributed by atoms with Crippen molar-refractivity contribution in [3.63, 3.8) is 0 Å². The molecule has 0 saturated carbocycles. The fraction of sp³-hybridized carbons (Fsp3) is 0.263. The van der Waals surface area contributed by atoms with Crippen molar-refractivity contribution in [2.45, 2.75) is 38.1 Å². The van der Waals surface area contributed by atoms with Crippen molar-refractivity contribution in [2.75, 3.05) is 10.0 Å². The van der Waals surface area contributed by atoms with Crippen LogP contribution in [-0.4, -0.2) is 26.3 Å². The summed E-state index contributed by atoms with van der Waals surface area (Å²) in [4.78, 5) is 23.1. The molecule has 7 nitrogen and oxygen atoms in total. The molecule has 0 bridgehead atoms. The number of carbonyl (C=O) groups excluding carboxylic acids is 2. The van der Waals surface area contributed by atoms with Gasteiger partial charge in [0, 0.05) is 29.9 Å². The third-order valence-corrected chi connectivity index (χ3v) is 5.27. The summed E-state index contributed by atoms with van der Waals surface area (Å²) in [6, 6.07) is 12.1. The van der Waals surface area contributed by atoms with Crippen molar-refractivity contribution < 1.29 is 18.0 Å². The average Bonchev–Trinajstić information content (AvgIpc) is 2.62. The molecule has 0 spiro atoms. The second-order valence-electron chi connectivity index (χ2n) is 6.17. The predicted molar refractivity (Wildman–Crippen MR) is 105 cm³/mol. The van der Waals surface area contributed by atoms with Crippen LogP contribution in [0.3, 0.4) is 0 Å². The van der Waals surface area contributed by atoms with Gasteiger partial charge in [0.05, 0.1) is 4.90 Å². The predicted octanol–water partition coefficient (Wildman–Crippen LogP) is 2.97. The van der Waals surface area contributed by atoms with Crippen LogP contribution in [-0.2, 0) is 14.8 Å². The van der Waals surface area contributed by atoms with E-state index in [0.717, 1.165) is 6.42 Å². The van der Waals surface area contributed by atoms with Crippen LogP contribution in [0.15, 0.2) is 53.4 Å². The summed E-state index contributed by atoms with van der Waals surface area (Å²) in [6.07, 6.45) is 0.808. The van der Waals surface area contributed by atoms with E-state index >= 15 is 0 Å². The molecule has 0 radical (unpaired) electrons. The molecule has 0 fully saturated rings. The van der Waals surface area contributed by atoms with Gasteiger partial charge in [0.15, 0.2) is 0 Å². The number of amides is 2. The monoisotopic (exact) mass is 389 g/mol. The first-order valence-electron chi connectivity index (χ1n) is 8.52. The molecule has 2 rings (SSSR count). The van der Waals surface area contributed by atoms with Gasteiger partial charge < -0.3 is 10.6 Å². The van der Waals surface area contributed by atoms with Crippen LogP contribution in [0.2, 0.25) is 0 Å². The molecule has 0 aliphatic heterocycles. The van der Waals surface area contributed by atoms with Gasteiger partial charge in [-0.3, -0.25) is 14.3 Å². The Labute approximate surface area is 159 Å². The molecule has 3 N–H and O–H groups in total. The summed E-state index contributed by atoms with van der Waals surface area (Å²) in [5, 5.41) is 5.44. The molecule has 144 valence electrons. The maximum absolute atomic E-state index is 12.5. The first kappa shape index (κ1) is 20.4. The summed E-state index contributed by atoms with van der Waals surface area (Å²) < 4.78 is 27.4. The van der Waals surface area contributed by atoms with Crippen molar-refractivity contribution in [1.29, 1.82) is 0 Å². The number of rotatable bonds is 7. The Morgan fingerprint density at radius 1 is 0.963 bits per heavy atom. The largest absolute Gasteiger partial charge is 0.350 e. The Kier molecular flexibility index (Phi) is 6.57. The molecule has 1 atom stereocenters. The highest BCUT2D eigenvalue weighted by Gasteiger charge is 2.16. The maximum atomic E-state index is 12.5. The van der Waals surface area contributed by atoms with Gasteiger partial charge in [0.25, 0.3) is 15.9 Å². The second kappa shape index (κ2) is 8.68. The third kappa shape index (κ3) is 5.82. The molecule has 0 saturated heterocycles. The van der Waals surface area contributed by atoms with E-state index in [9.17, 15) is 18.0 Å². The van der Waals surface area contributed by atoms with Crippen LogP contribution < -0.4 is 15.4 Å². The van der Waals surface area contributed by atoms with Crippen molar-refractivity contribution in [2.24, 2.45) is 0 Å². The Hall–Kier alpha value is -2.87. The lowest BCUT2D eigenvalue weighted by molar-refractivity contribution is -0.114. The van der Waals surface area contributed by atoms with E-state index in [2.05, 4.69) is 15.4 Å². The summed E-state index contributed by atoms with van der Waals surface area (Å²) >= 11 is 0. The minimum absolute atomic E-state index is 0.0445. The molecule has 1 unspecified atom stereocenters. The van der Waals surface area contributed by atoms with E-state index in [1.165, 1.54) is 31.2 Å². The maximum Gasteiger partial charge on any atom is 0.261 e. The average molecular weight is 389 g/mol. The van der Waals surface area contributed by atoms with Gasteiger partial charge in [-0.05, 0) is 61.9 Å². The highest BCUT2D eigenvalue weighted by Crippen LogP contribution is 2.19. The number of hydrogen-bond donors (Lipinski definition) is 3. The number of carbonyl (C=O) groups is 2. The number of sulfonamides is 1. The van der Waals surface area contributed by atoms with Gasteiger partial charge in [-0.2, -0.15) is 0 Å². The van der Waals surface area contributed by atoms with E-state index in [1.54, 1.807) is 24.3 Å². The van der Waals surface area contributed by atoms with Gasteiger partial charge in [-0.15, -0.1) is 0 Å². The van der Waals surface area contributed by atoms with Crippen LogP contribution in [0.5, 0.6) is 0 Å². The van der Waals surface area contributed by atoms with Crippen molar-refractivity contribution in [1.82, 2.24) is 5.32 Å². The van der Waals surface area contributed by atoms with Crippen LogP contribution in [0.1, 0.15) is 37.6 Å². The summed E-state index contributed by atoms with van der Waals surface area (Å²) in [6.45, 7) is 5.26. The SMILES string of the molecule is CCC(C)NC(=O)c1ccc(S(=O)(=O)Nc2ccc(NC(C)=O)cc2)cc1. The van der Waals surface area contributed by atoms with Gasteiger partial charge in [-0.1, -0.05) is 6.92 Å². The van der Waals surface area contributed by atoms with E-state index in [-0.39, 0.29) is 22.8 Å². The summed E-state index contributed by atoms with van der Waals surface area (Å²) in [5.41, 5.74) is 1.33. The first-order chi connectivity index (χ1) is 12.7. The quantitative estimate of drug-likeness (QED) is 0.677. The van der Waals surface area contributed by atoms with Crippen LogP contribution in [0, 0.1) is 0 Å². The lowest BCUT2D eigenvalue weighted by Crippen LogP contribution is -2.31. The Bertz CT molecular complexity index is 907. The van der Waals surface area contributed by atoms with Crippen molar-refractivity contribution >= 4 is 33.2 Å². The minimum Gasteiger partial charge on any atom is -0.350 e. The van der Waals surface area contributed by atoms with Gasteiger partial charge >= 0.3 is 0 Å². The first-order valence-corrected chi connectivity index (χ1v) is 10.0. The van der Waals surface area contributed by atoms with E-state index in [0.29, 0.717) is 16.9 Å². The smallest absolute Gasteiger partial charge is 0.261 e. The number of anilines is 2. The Balaban J connectivity index is 2.10. The molecule has 0 aromatic heterocycles. The van der Waals surface area contributed by atoms with Gasteiger partial charge in [0.1, 0.15) is 0 Å². The Morgan fingerprint density at radius 2 is 1.52 bits per heavy atom. The van der Waals surface area contributed by atoms with Crippen molar-refractivity contribution in [3.8, 4) is 0 Å². The molecule has 27 heavy (non-hydrogen) atoms. The summed E-state index contributed by atoms with van der Waals surface area (Å²) in [7, 11) is -3.79. The van der Waals surface area contributed by atoms with Crippen LogP contribution in [0.4, 0.5) is 11.4 Å². The zero-order valence-corrected chi connectivity index (χ0v) is 16.3. The van der Waals surface area contributed by atoms with Crippen LogP contribution in [0.25, 0.3) is 0 Å². The molecule has 2 aromatic rings. The molecule has 8 heteroatoms. The normalized spacial score (nSPS) is 12.1. The molecular weight excluding hydrogens is 366 g/mol. The van der Waals surface area contributed by atoms with Gasteiger partial charge in [-0.25, -0.2) is 8.42 Å². The Morgan fingerprint density at radius 3 is 2.04 bits per heavy atom. The van der Waals surface area contributed by atoms with E-state index < -0.39 is 10.0 Å². The number of benzene rings is 2. The summed E-state index contributed by atoms with van der Waals surface area (Å²) in [5.74, 6) is -0.449. The number of hydrogen-bond acceptors (Lipinski definition) is 4. The lowest BCUT2D eigenvalue weighted by atomic mass is 10.2. The van der Waals surface area contributed by atoms with Gasteiger partial charge in [0.2, 0.25) is 5.91 Å². The standard InChI is InChI=1S/C19H23N3O4S/c1-4-13(2)20-19(24)15-5-11-18(12-6-15)27(25,26)22-17-9-7-16(8-10-17)21-14(3)23/h5-13,22H,4H2,1-3H3,(H,20,24)(H,21,23). The molecule has 2 amide bonds. The van der Waals surface area contributed by atoms with Crippen LogP contribution >= 0.6 is 0 Å². The molecule has 0 aliphatic rings. The lowest BCUT2D eigenvalue weighted by Gasteiger charge is -2.12. The topological polar surface area (TPSA) is 104 Å². The fourth-order valence-electron chi connectivity index (χ4n) is 2.23. The highest BCUT2D eigenvalue weighted by molar-refractivity contribution is 7.92. The molecular formula is C19H23N3O4S. The third-order valence-electron chi connectivity index (χ3n) is 3.87. The number of nitrogens with one attached hydrogen (secondary N) is 3. The molecule has 0 aliphatic carbocycles.